The van der Waals surface area contributed by atoms with Gasteiger partial charge in [-0.1, -0.05) is 30.3 Å². The minimum absolute atomic E-state index is 0.0397. The topological polar surface area (TPSA) is 57.7 Å². The zero-order chi connectivity index (χ0) is 19.1. The zero-order valence-electron chi connectivity index (χ0n) is 14.8. The molecule has 7 heteroatoms. The average molecular weight is 388 g/mol. The molecule has 1 atom stereocenters. The summed E-state index contributed by atoms with van der Waals surface area (Å²) < 4.78 is 41.3. The van der Waals surface area contributed by atoms with E-state index < -0.39 is 21.3 Å². The smallest absolute Gasteiger partial charge is 0.246 e. The molecule has 2 fully saturated rings. The summed E-state index contributed by atoms with van der Waals surface area (Å²) in [4.78, 5) is 14.6. The van der Waals surface area contributed by atoms with Crippen LogP contribution in [0, 0.1) is 11.2 Å². The van der Waals surface area contributed by atoms with Crippen LogP contribution >= 0.6 is 0 Å². The van der Waals surface area contributed by atoms with Gasteiger partial charge in [-0.15, -0.1) is 0 Å². The molecule has 5 nitrogen and oxygen atoms in total. The first kappa shape index (κ1) is 18.1. The Morgan fingerprint density at radius 1 is 0.926 bits per heavy atom. The number of carbonyl (C=O) groups excluding carboxylic acids is 1. The summed E-state index contributed by atoms with van der Waals surface area (Å²) in [5.74, 6) is -0.803. The van der Waals surface area contributed by atoms with Crippen LogP contribution in [0.1, 0.15) is 19.3 Å². The van der Waals surface area contributed by atoms with Crippen molar-refractivity contribution in [2.75, 3.05) is 24.5 Å². The van der Waals surface area contributed by atoms with Gasteiger partial charge in [0.1, 0.15) is 10.7 Å². The first-order valence-corrected chi connectivity index (χ1v) is 10.5. The summed E-state index contributed by atoms with van der Waals surface area (Å²) in [6.45, 7) is 0.972. The second-order valence-electron chi connectivity index (χ2n) is 7.20. The number of amides is 1. The predicted molar refractivity (Wildman–Crippen MR) is 100 cm³/mol. The molecular formula is C20H21FN2O3S. The molecule has 1 unspecified atom stereocenters. The lowest BCUT2D eigenvalue weighted by Crippen LogP contribution is -2.49. The van der Waals surface area contributed by atoms with E-state index >= 15 is 0 Å². The number of hydrogen-bond acceptors (Lipinski definition) is 3. The van der Waals surface area contributed by atoms with Crippen molar-refractivity contribution in [3.8, 4) is 0 Å². The lowest BCUT2D eigenvalue weighted by molar-refractivity contribution is -0.127. The number of piperidine rings is 1. The van der Waals surface area contributed by atoms with Gasteiger partial charge in [0, 0.05) is 25.3 Å². The molecule has 142 valence electrons. The molecule has 0 radical (unpaired) electrons. The van der Waals surface area contributed by atoms with Gasteiger partial charge >= 0.3 is 0 Å². The monoisotopic (exact) mass is 388 g/mol. The van der Waals surface area contributed by atoms with Crippen molar-refractivity contribution in [3.63, 3.8) is 0 Å². The van der Waals surface area contributed by atoms with Gasteiger partial charge in [0.05, 0.1) is 5.41 Å². The third-order valence-corrected chi connectivity index (χ3v) is 7.46. The zero-order valence-corrected chi connectivity index (χ0v) is 15.7. The van der Waals surface area contributed by atoms with Crippen LogP contribution in [-0.2, 0) is 14.8 Å². The Bertz CT molecular complexity index is 964. The number of rotatable bonds is 3. The molecule has 4 rings (SSSR count). The van der Waals surface area contributed by atoms with Crippen LogP contribution in [0.15, 0.2) is 59.5 Å². The summed E-state index contributed by atoms with van der Waals surface area (Å²) in [5.41, 5.74) is 0.0975. The molecule has 27 heavy (non-hydrogen) atoms. The molecular weight excluding hydrogens is 367 g/mol. The maximum atomic E-state index is 14.1. The van der Waals surface area contributed by atoms with Gasteiger partial charge < -0.3 is 4.90 Å². The van der Waals surface area contributed by atoms with Gasteiger partial charge in [0.2, 0.25) is 15.9 Å². The number of nitrogens with zero attached hydrogens (tertiary/aromatic N) is 2. The van der Waals surface area contributed by atoms with Crippen LogP contribution in [0.2, 0.25) is 0 Å². The quantitative estimate of drug-likeness (QED) is 0.812. The number of carbonyl (C=O) groups is 1. The number of anilines is 1. The van der Waals surface area contributed by atoms with Crippen LogP contribution in [0.25, 0.3) is 0 Å². The minimum Gasteiger partial charge on any atom is -0.312 e. The molecule has 0 aromatic heterocycles. The van der Waals surface area contributed by atoms with Gasteiger partial charge in [-0.05, 0) is 43.5 Å². The number of halogens is 1. The van der Waals surface area contributed by atoms with E-state index in [4.69, 9.17) is 0 Å². The first-order chi connectivity index (χ1) is 12.9. The number of hydrogen-bond donors (Lipinski definition) is 0. The maximum Gasteiger partial charge on any atom is 0.246 e. The molecule has 0 N–H and O–H groups in total. The highest BCUT2D eigenvalue weighted by Crippen LogP contribution is 2.43. The second kappa shape index (κ2) is 6.73. The van der Waals surface area contributed by atoms with Gasteiger partial charge in [-0.2, -0.15) is 4.31 Å². The van der Waals surface area contributed by atoms with Crippen molar-refractivity contribution < 1.29 is 17.6 Å². The van der Waals surface area contributed by atoms with Crippen molar-refractivity contribution >= 4 is 21.6 Å². The second-order valence-corrected chi connectivity index (χ2v) is 9.10. The number of para-hydroxylation sites is 1. The van der Waals surface area contributed by atoms with Gasteiger partial charge in [0.15, 0.2) is 0 Å². The van der Waals surface area contributed by atoms with Crippen molar-refractivity contribution in [1.29, 1.82) is 0 Å². The molecule has 2 saturated heterocycles. The lowest BCUT2D eigenvalue weighted by atomic mass is 9.79. The van der Waals surface area contributed by atoms with E-state index in [1.54, 1.807) is 4.90 Å². The first-order valence-electron chi connectivity index (χ1n) is 9.06. The van der Waals surface area contributed by atoms with E-state index in [1.165, 1.54) is 22.5 Å². The number of benzene rings is 2. The molecule has 1 amide bonds. The van der Waals surface area contributed by atoms with Crippen LogP contribution in [-0.4, -0.2) is 38.3 Å². The largest absolute Gasteiger partial charge is 0.312 e. The van der Waals surface area contributed by atoms with Gasteiger partial charge in [-0.25, -0.2) is 12.8 Å². The van der Waals surface area contributed by atoms with Gasteiger partial charge in [-0.3, -0.25) is 4.79 Å². The molecule has 0 aliphatic carbocycles. The molecule has 2 aromatic carbocycles. The van der Waals surface area contributed by atoms with Crippen LogP contribution in [0.3, 0.4) is 0 Å². The predicted octanol–water partition coefficient (Wildman–Crippen LogP) is 3.03. The van der Waals surface area contributed by atoms with Crippen LogP contribution in [0.5, 0.6) is 0 Å². The normalized spacial score (nSPS) is 23.9. The maximum absolute atomic E-state index is 14.1. The lowest BCUT2D eigenvalue weighted by Gasteiger charge is -2.38. The SMILES string of the molecule is O=C1N(c2ccccc2)CCC12CCCN(S(=O)(=O)c1ccccc1F)C2. The minimum atomic E-state index is -3.97. The van der Waals surface area contributed by atoms with E-state index in [9.17, 15) is 17.6 Å². The van der Waals surface area contributed by atoms with E-state index in [0.29, 0.717) is 32.4 Å². The molecule has 1 spiro atoms. The Labute approximate surface area is 158 Å². The molecule has 2 aliphatic heterocycles. The Morgan fingerprint density at radius 2 is 1.63 bits per heavy atom. The highest BCUT2D eigenvalue weighted by molar-refractivity contribution is 7.89. The third kappa shape index (κ3) is 3.04. The molecule has 2 heterocycles. The van der Waals surface area contributed by atoms with Crippen LogP contribution < -0.4 is 4.90 Å². The van der Waals surface area contributed by atoms with E-state index in [-0.39, 0.29) is 17.3 Å². The summed E-state index contributed by atoms with van der Waals surface area (Å²) in [6, 6.07) is 14.8. The Balaban J connectivity index is 1.62. The third-order valence-electron chi connectivity index (χ3n) is 5.58. The van der Waals surface area contributed by atoms with Crippen LogP contribution in [0.4, 0.5) is 10.1 Å². The van der Waals surface area contributed by atoms with Crippen molar-refractivity contribution in [2.45, 2.75) is 24.2 Å². The van der Waals surface area contributed by atoms with Crippen molar-refractivity contribution in [1.82, 2.24) is 4.31 Å². The van der Waals surface area contributed by atoms with Crippen molar-refractivity contribution in [2.24, 2.45) is 5.41 Å². The summed E-state index contributed by atoms with van der Waals surface area (Å²) in [6.07, 6.45) is 1.84. The van der Waals surface area contributed by atoms with E-state index in [0.717, 1.165) is 11.8 Å². The Morgan fingerprint density at radius 3 is 2.37 bits per heavy atom. The van der Waals surface area contributed by atoms with E-state index in [1.807, 2.05) is 30.3 Å². The summed E-state index contributed by atoms with van der Waals surface area (Å²) >= 11 is 0. The fraction of sp³-hybridized carbons (Fsp3) is 0.350. The average Bonchev–Trinajstić information content (AvgIpc) is 2.98. The van der Waals surface area contributed by atoms with Crippen molar-refractivity contribution in [3.05, 3.63) is 60.4 Å². The Hall–Kier alpha value is -2.25. The fourth-order valence-corrected chi connectivity index (χ4v) is 5.77. The van der Waals surface area contributed by atoms with E-state index in [2.05, 4.69) is 0 Å². The number of sulfonamides is 1. The van der Waals surface area contributed by atoms with Gasteiger partial charge in [0.25, 0.3) is 0 Å². The highest BCUT2D eigenvalue weighted by Gasteiger charge is 2.51. The summed E-state index contributed by atoms with van der Waals surface area (Å²) in [7, 11) is -3.97. The molecule has 0 saturated carbocycles. The Kier molecular flexibility index (Phi) is 4.52. The highest BCUT2D eigenvalue weighted by atomic mass is 32.2. The fourth-order valence-electron chi connectivity index (χ4n) is 4.14. The molecule has 2 aromatic rings. The molecule has 0 bridgehead atoms. The summed E-state index contributed by atoms with van der Waals surface area (Å²) in [5, 5.41) is 0. The molecule has 2 aliphatic rings. The standard InChI is InChI=1S/C20H21FN2O3S/c21-17-9-4-5-10-18(17)27(25,26)22-13-6-11-20(15-22)12-14-23(19(20)24)16-7-2-1-3-8-16/h1-5,7-10H,6,11-15H2.